The summed E-state index contributed by atoms with van der Waals surface area (Å²) >= 11 is 0. The number of rotatable bonds is 11. The smallest absolute Gasteiger partial charge is 0.287 e. The number of amides is 2. The molecule has 8 nitrogen and oxygen atoms in total. The lowest BCUT2D eigenvalue weighted by atomic mass is 10.0. The largest absolute Gasteiger partial charge is 0.381 e. The molecule has 0 aliphatic carbocycles. The molecule has 172 valence electrons. The Hall–Kier alpha value is -3.78. The van der Waals surface area contributed by atoms with E-state index >= 15 is 0 Å². The molecular formula is C25H28N4O4. The summed E-state index contributed by atoms with van der Waals surface area (Å²) in [6.07, 6.45) is 0.937. The van der Waals surface area contributed by atoms with Gasteiger partial charge in [0.25, 0.3) is 11.8 Å². The molecular weight excluding hydrogens is 420 g/mol. The second kappa shape index (κ2) is 11.2. The molecule has 0 saturated carbocycles. The lowest BCUT2D eigenvalue weighted by Crippen LogP contribution is -2.47. The number of hydrogen-bond donors (Lipinski definition) is 2. The second-order valence-electron chi connectivity index (χ2n) is 7.64. The number of aromatic nitrogens is 2. The molecule has 8 heteroatoms. The number of benzene rings is 2. The van der Waals surface area contributed by atoms with Gasteiger partial charge in [0.05, 0.1) is 18.0 Å². The average Bonchev–Trinajstić information content (AvgIpc) is 3.21. The van der Waals surface area contributed by atoms with Crippen LogP contribution in [-0.4, -0.2) is 46.6 Å². The Morgan fingerprint density at radius 1 is 1.06 bits per heavy atom. The normalized spacial score (nSPS) is 11.7. The Balaban J connectivity index is 1.81. The molecule has 2 amide bonds. The van der Waals surface area contributed by atoms with Crippen LogP contribution in [0.25, 0.3) is 5.69 Å². The van der Waals surface area contributed by atoms with E-state index in [2.05, 4.69) is 10.4 Å². The van der Waals surface area contributed by atoms with Gasteiger partial charge >= 0.3 is 0 Å². The number of hydrogen-bond acceptors (Lipinski definition) is 5. The molecule has 0 aliphatic rings. The van der Waals surface area contributed by atoms with Crippen LogP contribution in [0.3, 0.4) is 0 Å². The highest BCUT2D eigenvalue weighted by atomic mass is 16.5. The van der Waals surface area contributed by atoms with Gasteiger partial charge in [-0.15, -0.1) is 0 Å². The summed E-state index contributed by atoms with van der Waals surface area (Å²) < 4.78 is 6.91. The molecule has 1 unspecified atom stereocenters. The molecule has 0 aliphatic heterocycles. The van der Waals surface area contributed by atoms with E-state index in [1.807, 2.05) is 61.5 Å². The van der Waals surface area contributed by atoms with E-state index < -0.39 is 23.6 Å². The van der Waals surface area contributed by atoms with E-state index in [1.165, 1.54) is 4.68 Å². The van der Waals surface area contributed by atoms with Crippen molar-refractivity contribution >= 4 is 17.6 Å². The SMILES string of the molecule is CCOCCc1ccc(-n2nc(C)cc2C(=O)NC(Cc2ccccc2)C(=O)C(N)=O)cc1. The standard InChI is InChI=1S/C25H28N4O4/c1-3-33-14-13-18-9-11-20(12-10-18)29-22(15-17(2)28-29)25(32)27-21(23(30)24(26)31)16-19-7-5-4-6-8-19/h4-12,15,21H,3,13-14,16H2,1-2H3,(H2,26,31)(H,27,32). The van der Waals surface area contributed by atoms with Crippen LogP contribution in [0.5, 0.6) is 0 Å². The maximum Gasteiger partial charge on any atom is 0.287 e. The van der Waals surface area contributed by atoms with Crippen molar-refractivity contribution in [2.45, 2.75) is 32.7 Å². The zero-order valence-electron chi connectivity index (χ0n) is 18.8. The van der Waals surface area contributed by atoms with Crippen LogP contribution in [0, 0.1) is 6.92 Å². The van der Waals surface area contributed by atoms with Crippen LogP contribution in [0.2, 0.25) is 0 Å². The van der Waals surface area contributed by atoms with Gasteiger partial charge < -0.3 is 15.8 Å². The van der Waals surface area contributed by atoms with Crippen molar-refractivity contribution in [2.24, 2.45) is 5.73 Å². The van der Waals surface area contributed by atoms with Crippen LogP contribution in [0.1, 0.15) is 34.2 Å². The first kappa shape index (κ1) is 23.9. The molecule has 1 atom stereocenters. The van der Waals surface area contributed by atoms with Crippen molar-refractivity contribution < 1.29 is 19.1 Å². The summed E-state index contributed by atoms with van der Waals surface area (Å²) in [4.78, 5) is 37.1. The van der Waals surface area contributed by atoms with Crippen LogP contribution in [0.4, 0.5) is 0 Å². The monoisotopic (exact) mass is 448 g/mol. The van der Waals surface area contributed by atoms with Crippen LogP contribution in [0.15, 0.2) is 60.7 Å². The summed E-state index contributed by atoms with van der Waals surface area (Å²) in [6.45, 7) is 5.05. The van der Waals surface area contributed by atoms with Gasteiger partial charge in [0.1, 0.15) is 11.7 Å². The van der Waals surface area contributed by atoms with Crippen molar-refractivity contribution in [1.82, 2.24) is 15.1 Å². The molecule has 1 heterocycles. The highest BCUT2D eigenvalue weighted by Crippen LogP contribution is 2.15. The lowest BCUT2D eigenvalue weighted by molar-refractivity contribution is -0.137. The third-order valence-electron chi connectivity index (χ3n) is 5.13. The summed E-state index contributed by atoms with van der Waals surface area (Å²) in [5.41, 5.74) is 8.72. The van der Waals surface area contributed by atoms with Gasteiger partial charge in [-0.25, -0.2) is 4.68 Å². The maximum absolute atomic E-state index is 13.1. The number of nitrogens with two attached hydrogens (primary N) is 1. The highest BCUT2D eigenvalue weighted by molar-refractivity contribution is 6.38. The quantitative estimate of drug-likeness (QED) is 0.344. The topological polar surface area (TPSA) is 116 Å². The second-order valence-corrected chi connectivity index (χ2v) is 7.64. The minimum absolute atomic E-state index is 0.149. The van der Waals surface area contributed by atoms with E-state index in [0.717, 1.165) is 17.5 Å². The summed E-state index contributed by atoms with van der Waals surface area (Å²) in [5.74, 6) is -2.47. The Labute approximate surface area is 192 Å². The molecule has 3 rings (SSSR count). The molecule has 3 N–H and O–H groups in total. The van der Waals surface area contributed by atoms with E-state index in [9.17, 15) is 14.4 Å². The predicted molar refractivity (Wildman–Crippen MR) is 124 cm³/mol. The van der Waals surface area contributed by atoms with Crippen molar-refractivity contribution in [3.8, 4) is 5.69 Å². The Bertz CT molecular complexity index is 1110. The average molecular weight is 449 g/mol. The minimum Gasteiger partial charge on any atom is -0.381 e. The first-order valence-electron chi connectivity index (χ1n) is 10.8. The molecule has 1 aromatic heterocycles. The third-order valence-corrected chi connectivity index (χ3v) is 5.13. The Morgan fingerprint density at radius 2 is 1.76 bits per heavy atom. The number of nitrogens with one attached hydrogen (secondary N) is 1. The van der Waals surface area contributed by atoms with Gasteiger partial charge in [0, 0.05) is 13.0 Å². The van der Waals surface area contributed by atoms with Crippen LogP contribution >= 0.6 is 0 Å². The fourth-order valence-electron chi connectivity index (χ4n) is 3.46. The molecule has 0 radical (unpaired) electrons. The maximum atomic E-state index is 13.1. The zero-order chi connectivity index (χ0) is 23.8. The zero-order valence-corrected chi connectivity index (χ0v) is 18.8. The summed E-state index contributed by atoms with van der Waals surface area (Å²) in [6, 6.07) is 17.3. The van der Waals surface area contributed by atoms with Gasteiger partial charge in [-0.2, -0.15) is 5.10 Å². The Kier molecular flexibility index (Phi) is 8.10. The van der Waals surface area contributed by atoms with Gasteiger partial charge in [0.2, 0.25) is 5.78 Å². The number of aryl methyl sites for hydroxylation is 1. The molecule has 0 fully saturated rings. The van der Waals surface area contributed by atoms with Crippen molar-refractivity contribution in [2.75, 3.05) is 13.2 Å². The van der Waals surface area contributed by atoms with Crippen molar-refractivity contribution in [3.63, 3.8) is 0 Å². The van der Waals surface area contributed by atoms with Gasteiger partial charge in [0.15, 0.2) is 0 Å². The fourth-order valence-corrected chi connectivity index (χ4v) is 3.46. The highest BCUT2D eigenvalue weighted by Gasteiger charge is 2.27. The summed E-state index contributed by atoms with van der Waals surface area (Å²) in [7, 11) is 0. The molecule has 0 spiro atoms. The van der Waals surface area contributed by atoms with E-state index in [0.29, 0.717) is 24.6 Å². The Morgan fingerprint density at radius 3 is 2.39 bits per heavy atom. The predicted octanol–water partition coefficient (Wildman–Crippen LogP) is 2.16. The first-order valence-corrected chi connectivity index (χ1v) is 10.8. The van der Waals surface area contributed by atoms with E-state index in [4.69, 9.17) is 10.5 Å². The number of nitrogens with zero attached hydrogens (tertiary/aromatic N) is 2. The van der Waals surface area contributed by atoms with Crippen molar-refractivity contribution in [1.29, 1.82) is 0 Å². The van der Waals surface area contributed by atoms with Gasteiger partial charge in [-0.05, 0) is 49.6 Å². The number of carbonyl (C=O) groups is 3. The molecule has 33 heavy (non-hydrogen) atoms. The molecule has 3 aromatic rings. The number of Topliss-reactive ketones (excluding diaryl/α,β-unsaturated/α-hetero) is 1. The molecule has 0 bridgehead atoms. The van der Waals surface area contributed by atoms with E-state index in [-0.39, 0.29) is 12.1 Å². The van der Waals surface area contributed by atoms with Crippen LogP contribution < -0.4 is 11.1 Å². The number of primary amides is 1. The van der Waals surface area contributed by atoms with Gasteiger partial charge in [-0.3, -0.25) is 14.4 Å². The molecule has 0 saturated heterocycles. The third kappa shape index (κ3) is 6.36. The van der Waals surface area contributed by atoms with Gasteiger partial charge in [-0.1, -0.05) is 42.5 Å². The fraction of sp³-hybridized carbons (Fsp3) is 0.280. The lowest BCUT2D eigenvalue weighted by Gasteiger charge is -2.17. The number of ketones is 1. The van der Waals surface area contributed by atoms with E-state index in [1.54, 1.807) is 13.0 Å². The van der Waals surface area contributed by atoms with Crippen molar-refractivity contribution in [3.05, 3.63) is 83.2 Å². The number of carbonyl (C=O) groups excluding carboxylic acids is 3. The summed E-state index contributed by atoms with van der Waals surface area (Å²) in [5, 5.41) is 7.10. The first-order chi connectivity index (χ1) is 15.9. The number of ether oxygens (including phenoxy) is 1. The minimum atomic E-state index is -1.09. The van der Waals surface area contributed by atoms with Crippen LogP contribution in [-0.2, 0) is 27.2 Å². The molecule has 2 aromatic carbocycles.